The van der Waals surface area contributed by atoms with E-state index in [2.05, 4.69) is 0 Å². The largest absolute Gasteiger partial charge is 0.378 e. The number of carbonyl (C=O) groups is 1. The zero-order chi connectivity index (χ0) is 12.2. The number of Topliss-reactive ketones (excluding diaryl/α,β-unsaturated/α-hetero) is 1. The van der Waals surface area contributed by atoms with Crippen molar-refractivity contribution in [3.63, 3.8) is 0 Å². The average Bonchev–Trinajstić information content (AvgIpc) is 2.70. The molecule has 1 unspecified atom stereocenters. The van der Waals surface area contributed by atoms with E-state index in [0.717, 1.165) is 12.8 Å². The summed E-state index contributed by atoms with van der Waals surface area (Å²) in [5, 5.41) is 0. The lowest BCUT2D eigenvalue weighted by molar-refractivity contribution is -0.167. The second-order valence-corrected chi connectivity index (χ2v) is 3.87. The van der Waals surface area contributed by atoms with Crippen LogP contribution in [0.25, 0.3) is 0 Å². The summed E-state index contributed by atoms with van der Waals surface area (Å²) in [5.41, 5.74) is 0. The fourth-order valence-corrected chi connectivity index (χ4v) is 1.65. The van der Waals surface area contributed by atoms with Crippen LogP contribution in [0.5, 0.6) is 0 Å². The van der Waals surface area contributed by atoms with Gasteiger partial charge in [0, 0.05) is 13.0 Å². The third-order valence-electron chi connectivity index (χ3n) is 2.60. The molecular formula is C10H14F4O2. The molecule has 1 fully saturated rings. The maximum Gasteiger partial charge on any atom is 0.364 e. The molecule has 0 saturated carbocycles. The smallest absolute Gasteiger partial charge is 0.364 e. The van der Waals surface area contributed by atoms with Gasteiger partial charge in [0.25, 0.3) is 0 Å². The molecule has 6 heteroatoms. The van der Waals surface area contributed by atoms with Crippen LogP contribution >= 0.6 is 0 Å². The summed E-state index contributed by atoms with van der Waals surface area (Å²) in [5.74, 6) is -6.18. The molecule has 1 saturated heterocycles. The van der Waals surface area contributed by atoms with Crippen LogP contribution in [0, 0.1) is 0 Å². The normalized spacial score (nSPS) is 21.7. The minimum atomic E-state index is -4.50. The van der Waals surface area contributed by atoms with E-state index in [-0.39, 0.29) is 12.5 Å². The number of ketones is 1. The third kappa shape index (κ3) is 3.43. The first-order chi connectivity index (χ1) is 7.44. The second-order valence-electron chi connectivity index (χ2n) is 3.87. The van der Waals surface area contributed by atoms with Crippen LogP contribution in [-0.2, 0) is 9.53 Å². The first-order valence-corrected chi connectivity index (χ1v) is 5.25. The Labute approximate surface area is 91.0 Å². The van der Waals surface area contributed by atoms with Gasteiger partial charge in [0.15, 0.2) is 0 Å². The Morgan fingerprint density at radius 1 is 1.44 bits per heavy atom. The summed E-state index contributed by atoms with van der Waals surface area (Å²) in [6.07, 6.45) is -2.02. The summed E-state index contributed by atoms with van der Waals surface area (Å²) >= 11 is 0. The molecule has 0 radical (unpaired) electrons. The highest BCUT2D eigenvalue weighted by Gasteiger charge is 2.47. The molecule has 1 rings (SSSR count). The highest BCUT2D eigenvalue weighted by atomic mass is 19.3. The highest BCUT2D eigenvalue weighted by molar-refractivity contribution is 5.85. The molecule has 94 valence electrons. The number of hydrogen-bond acceptors (Lipinski definition) is 2. The Hall–Kier alpha value is -0.650. The highest BCUT2D eigenvalue weighted by Crippen LogP contribution is 2.26. The second kappa shape index (κ2) is 5.61. The predicted octanol–water partition coefficient (Wildman–Crippen LogP) is 2.81. The molecule has 0 aromatic rings. The van der Waals surface area contributed by atoms with Gasteiger partial charge in [0.1, 0.15) is 0 Å². The molecule has 1 aliphatic heterocycles. The summed E-state index contributed by atoms with van der Waals surface area (Å²) in [7, 11) is 0. The number of hydrogen-bond donors (Lipinski definition) is 0. The van der Waals surface area contributed by atoms with Crippen molar-refractivity contribution in [2.45, 2.75) is 50.6 Å². The Morgan fingerprint density at radius 3 is 2.62 bits per heavy atom. The average molecular weight is 242 g/mol. The fraction of sp³-hybridized carbons (Fsp3) is 0.900. The van der Waals surface area contributed by atoms with Gasteiger partial charge < -0.3 is 4.74 Å². The van der Waals surface area contributed by atoms with Gasteiger partial charge in [-0.15, -0.1) is 0 Å². The van der Waals surface area contributed by atoms with E-state index in [0.29, 0.717) is 13.0 Å². The standard InChI is InChI=1S/C10H14F4O2/c11-9(12)10(13,14)8(15)5-1-3-7-4-2-6-16-7/h7,9H,1-6H2. The third-order valence-corrected chi connectivity index (χ3v) is 2.60. The van der Waals surface area contributed by atoms with E-state index in [1.807, 2.05) is 0 Å². The Balaban J connectivity index is 2.24. The van der Waals surface area contributed by atoms with E-state index in [1.165, 1.54) is 0 Å². The van der Waals surface area contributed by atoms with Gasteiger partial charge in [0.05, 0.1) is 6.10 Å². The Morgan fingerprint density at radius 2 is 2.12 bits per heavy atom. The van der Waals surface area contributed by atoms with E-state index >= 15 is 0 Å². The van der Waals surface area contributed by atoms with Crippen LogP contribution in [-0.4, -0.2) is 30.8 Å². The van der Waals surface area contributed by atoms with Gasteiger partial charge in [-0.25, -0.2) is 8.78 Å². The molecule has 1 aliphatic rings. The first kappa shape index (κ1) is 13.4. The van der Waals surface area contributed by atoms with Crippen LogP contribution in [0.4, 0.5) is 17.6 Å². The summed E-state index contributed by atoms with van der Waals surface area (Å²) in [6.45, 7) is 0.645. The topological polar surface area (TPSA) is 26.3 Å². The van der Waals surface area contributed by atoms with Crippen molar-refractivity contribution in [3.05, 3.63) is 0 Å². The molecule has 1 heterocycles. The quantitative estimate of drug-likeness (QED) is 0.669. The minimum Gasteiger partial charge on any atom is -0.378 e. The van der Waals surface area contributed by atoms with E-state index in [4.69, 9.17) is 4.74 Å². The van der Waals surface area contributed by atoms with Gasteiger partial charge in [-0.3, -0.25) is 4.79 Å². The van der Waals surface area contributed by atoms with Crippen molar-refractivity contribution in [2.24, 2.45) is 0 Å². The fourth-order valence-electron chi connectivity index (χ4n) is 1.65. The number of alkyl halides is 4. The van der Waals surface area contributed by atoms with Crippen molar-refractivity contribution in [3.8, 4) is 0 Å². The van der Waals surface area contributed by atoms with Crippen LogP contribution in [0.15, 0.2) is 0 Å². The Bertz CT molecular complexity index is 237. The molecule has 0 aromatic heterocycles. The molecular weight excluding hydrogens is 228 g/mol. The molecule has 0 aliphatic carbocycles. The lowest BCUT2D eigenvalue weighted by atomic mass is 10.0. The van der Waals surface area contributed by atoms with Crippen molar-refractivity contribution in [2.75, 3.05) is 6.61 Å². The maximum absolute atomic E-state index is 12.5. The van der Waals surface area contributed by atoms with Gasteiger partial charge >= 0.3 is 12.3 Å². The van der Waals surface area contributed by atoms with Gasteiger partial charge in [-0.2, -0.15) is 8.78 Å². The van der Waals surface area contributed by atoms with E-state index in [9.17, 15) is 22.4 Å². The molecule has 0 spiro atoms. The van der Waals surface area contributed by atoms with Gasteiger partial charge in [-0.05, 0) is 25.7 Å². The number of halogens is 4. The monoisotopic (exact) mass is 242 g/mol. The van der Waals surface area contributed by atoms with Crippen LogP contribution in [0.2, 0.25) is 0 Å². The molecule has 0 aromatic carbocycles. The van der Waals surface area contributed by atoms with Crippen molar-refractivity contribution >= 4 is 5.78 Å². The zero-order valence-corrected chi connectivity index (χ0v) is 8.73. The maximum atomic E-state index is 12.5. The lowest BCUT2D eigenvalue weighted by Crippen LogP contribution is -2.36. The van der Waals surface area contributed by atoms with Crippen LogP contribution in [0.3, 0.4) is 0 Å². The Kier molecular flexibility index (Phi) is 4.70. The molecule has 2 nitrogen and oxygen atoms in total. The number of rotatable bonds is 6. The molecule has 0 N–H and O–H groups in total. The lowest BCUT2D eigenvalue weighted by Gasteiger charge is -2.14. The first-order valence-electron chi connectivity index (χ1n) is 5.25. The van der Waals surface area contributed by atoms with Crippen LogP contribution in [0.1, 0.15) is 32.1 Å². The predicted molar refractivity (Wildman–Crippen MR) is 48.8 cm³/mol. The minimum absolute atomic E-state index is 0.00651. The van der Waals surface area contributed by atoms with E-state index < -0.39 is 24.6 Å². The van der Waals surface area contributed by atoms with Gasteiger partial charge in [-0.1, -0.05) is 0 Å². The van der Waals surface area contributed by atoms with Crippen molar-refractivity contribution in [1.29, 1.82) is 0 Å². The van der Waals surface area contributed by atoms with Crippen molar-refractivity contribution < 1.29 is 27.1 Å². The SMILES string of the molecule is O=C(CCCC1CCCO1)C(F)(F)C(F)F. The number of ether oxygens (including phenoxy) is 1. The molecule has 0 bridgehead atoms. The van der Waals surface area contributed by atoms with Crippen molar-refractivity contribution in [1.82, 2.24) is 0 Å². The summed E-state index contributed by atoms with van der Waals surface area (Å²) in [6, 6.07) is 0. The zero-order valence-electron chi connectivity index (χ0n) is 8.73. The molecule has 0 amide bonds. The summed E-state index contributed by atoms with van der Waals surface area (Å²) < 4.78 is 53.8. The van der Waals surface area contributed by atoms with Gasteiger partial charge in [0.2, 0.25) is 5.78 Å². The summed E-state index contributed by atoms with van der Waals surface area (Å²) in [4.78, 5) is 10.8. The van der Waals surface area contributed by atoms with Crippen LogP contribution < -0.4 is 0 Å². The molecule has 1 atom stereocenters. The number of carbonyl (C=O) groups excluding carboxylic acids is 1. The molecule has 16 heavy (non-hydrogen) atoms. The van der Waals surface area contributed by atoms with E-state index in [1.54, 1.807) is 0 Å².